The molecule has 4 N–H and O–H groups in total. The molecule has 0 aliphatic carbocycles. The second-order valence-electron chi connectivity index (χ2n) is 3.14. The van der Waals surface area contributed by atoms with Gasteiger partial charge in [-0.2, -0.15) is 5.10 Å². The van der Waals surface area contributed by atoms with Crippen LogP contribution in [0.1, 0.15) is 26.0 Å². The predicted molar refractivity (Wildman–Crippen MR) is 54.9 cm³/mol. The van der Waals surface area contributed by atoms with Crippen LogP contribution in [0.2, 0.25) is 0 Å². The number of nitrogens with one attached hydrogen (secondary N) is 2. The molecule has 0 saturated carbocycles. The van der Waals surface area contributed by atoms with Gasteiger partial charge in [0.2, 0.25) is 5.91 Å². The maximum atomic E-state index is 11.4. The van der Waals surface area contributed by atoms with Crippen molar-refractivity contribution in [3.05, 3.63) is 11.8 Å². The number of aryl methyl sites for hydroxylation is 1. The summed E-state index contributed by atoms with van der Waals surface area (Å²) < 4.78 is 0. The van der Waals surface area contributed by atoms with Crippen LogP contribution in [-0.4, -0.2) is 22.1 Å². The van der Waals surface area contributed by atoms with Crippen molar-refractivity contribution >= 4 is 11.7 Å². The fraction of sp³-hybridized carbons (Fsp3) is 0.556. The lowest BCUT2D eigenvalue weighted by atomic mass is 10.2. The lowest BCUT2D eigenvalue weighted by Gasteiger charge is -2.06. The number of carbonyl (C=O) groups is 1. The Morgan fingerprint density at radius 2 is 2.43 bits per heavy atom. The van der Waals surface area contributed by atoms with Crippen molar-refractivity contribution in [3.63, 3.8) is 0 Å². The molecule has 5 nitrogen and oxygen atoms in total. The molecule has 14 heavy (non-hydrogen) atoms. The third-order valence-corrected chi connectivity index (χ3v) is 2.04. The number of hydrogen-bond donors (Lipinski definition) is 3. The van der Waals surface area contributed by atoms with Gasteiger partial charge in [-0.3, -0.25) is 9.89 Å². The second kappa shape index (κ2) is 4.76. The number of aromatic nitrogens is 2. The normalized spacial score (nSPS) is 12.5. The van der Waals surface area contributed by atoms with E-state index < -0.39 is 6.04 Å². The molecule has 78 valence electrons. The number of nitrogens with zero attached hydrogens (tertiary/aromatic N) is 1. The maximum absolute atomic E-state index is 11.4. The molecule has 1 heterocycles. The van der Waals surface area contributed by atoms with E-state index in [1.807, 2.05) is 13.8 Å². The molecule has 0 saturated heterocycles. The minimum Gasteiger partial charge on any atom is -0.320 e. The van der Waals surface area contributed by atoms with Gasteiger partial charge < -0.3 is 11.1 Å². The number of amides is 1. The molecule has 0 aliphatic rings. The number of aromatic amines is 1. The quantitative estimate of drug-likeness (QED) is 0.661. The summed E-state index contributed by atoms with van der Waals surface area (Å²) in [5.41, 5.74) is 6.54. The Kier molecular flexibility index (Phi) is 3.64. The van der Waals surface area contributed by atoms with Crippen LogP contribution in [0, 0.1) is 0 Å². The van der Waals surface area contributed by atoms with Crippen LogP contribution in [0.3, 0.4) is 0 Å². The van der Waals surface area contributed by atoms with Gasteiger partial charge in [0, 0.05) is 11.8 Å². The Balaban J connectivity index is 2.56. The smallest absolute Gasteiger partial charge is 0.242 e. The van der Waals surface area contributed by atoms with Crippen molar-refractivity contribution in [2.75, 3.05) is 5.32 Å². The number of nitrogens with two attached hydrogens (primary N) is 1. The van der Waals surface area contributed by atoms with Crippen LogP contribution in [-0.2, 0) is 11.2 Å². The molecule has 1 aromatic rings. The summed E-state index contributed by atoms with van der Waals surface area (Å²) in [4.78, 5) is 11.4. The van der Waals surface area contributed by atoms with E-state index in [9.17, 15) is 4.79 Å². The van der Waals surface area contributed by atoms with Gasteiger partial charge in [0.15, 0.2) is 5.82 Å². The zero-order valence-electron chi connectivity index (χ0n) is 8.50. The van der Waals surface area contributed by atoms with Gasteiger partial charge in [0.25, 0.3) is 0 Å². The van der Waals surface area contributed by atoms with Gasteiger partial charge in [0.1, 0.15) is 0 Å². The molecule has 1 aromatic heterocycles. The molecular formula is C9H16N4O. The zero-order valence-corrected chi connectivity index (χ0v) is 8.50. The van der Waals surface area contributed by atoms with Crippen LogP contribution >= 0.6 is 0 Å². The highest BCUT2D eigenvalue weighted by atomic mass is 16.2. The minimum atomic E-state index is -0.461. The van der Waals surface area contributed by atoms with Gasteiger partial charge in [-0.25, -0.2) is 0 Å². The minimum absolute atomic E-state index is 0.193. The van der Waals surface area contributed by atoms with E-state index in [-0.39, 0.29) is 5.91 Å². The molecule has 1 rings (SSSR count). The van der Waals surface area contributed by atoms with Crippen LogP contribution in [0.4, 0.5) is 5.82 Å². The average molecular weight is 196 g/mol. The summed E-state index contributed by atoms with van der Waals surface area (Å²) in [6, 6.07) is 1.34. The number of rotatable bonds is 4. The lowest BCUT2D eigenvalue weighted by molar-refractivity contribution is -0.117. The maximum Gasteiger partial charge on any atom is 0.242 e. The Bertz CT molecular complexity index is 308. The highest BCUT2D eigenvalue weighted by Gasteiger charge is 2.12. The Morgan fingerprint density at radius 1 is 1.71 bits per heavy atom. The first-order chi connectivity index (χ1) is 6.67. The van der Waals surface area contributed by atoms with E-state index in [4.69, 9.17) is 5.73 Å². The van der Waals surface area contributed by atoms with Crippen molar-refractivity contribution in [1.82, 2.24) is 10.2 Å². The van der Waals surface area contributed by atoms with Crippen LogP contribution in [0.15, 0.2) is 6.07 Å². The zero-order chi connectivity index (χ0) is 10.6. The summed E-state index contributed by atoms with van der Waals surface area (Å²) >= 11 is 0. The molecule has 0 aromatic carbocycles. The summed E-state index contributed by atoms with van der Waals surface area (Å²) in [5.74, 6) is 0.345. The first-order valence-electron chi connectivity index (χ1n) is 4.78. The van der Waals surface area contributed by atoms with E-state index in [0.717, 1.165) is 12.1 Å². The summed E-state index contributed by atoms with van der Waals surface area (Å²) in [7, 11) is 0. The van der Waals surface area contributed by atoms with Crippen LogP contribution in [0.25, 0.3) is 0 Å². The van der Waals surface area contributed by atoms with Gasteiger partial charge >= 0.3 is 0 Å². The molecular weight excluding hydrogens is 180 g/mol. The monoisotopic (exact) mass is 196 g/mol. The van der Waals surface area contributed by atoms with E-state index in [2.05, 4.69) is 15.5 Å². The van der Waals surface area contributed by atoms with E-state index in [1.54, 1.807) is 6.07 Å². The van der Waals surface area contributed by atoms with Crippen molar-refractivity contribution in [1.29, 1.82) is 0 Å². The molecule has 0 unspecified atom stereocenters. The average Bonchev–Trinajstić information content (AvgIpc) is 2.64. The lowest BCUT2D eigenvalue weighted by Crippen LogP contribution is -2.34. The Morgan fingerprint density at radius 3 is 2.93 bits per heavy atom. The molecule has 0 spiro atoms. The molecule has 1 atom stereocenters. The largest absolute Gasteiger partial charge is 0.320 e. The number of anilines is 1. The highest BCUT2D eigenvalue weighted by Crippen LogP contribution is 2.06. The number of hydrogen-bond acceptors (Lipinski definition) is 3. The third-order valence-electron chi connectivity index (χ3n) is 2.04. The Labute approximate surface area is 83.1 Å². The van der Waals surface area contributed by atoms with Crippen molar-refractivity contribution < 1.29 is 4.79 Å². The molecule has 0 bridgehead atoms. The van der Waals surface area contributed by atoms with Crippen molar-refractivity contribution in [2.45, 2.75) is 32.7 Å². The molecule has 0 aliphatic heterocycles. The standard InChI is InChI=1S/C9H16N4O/c1-3-6-5-8(13-12-6)11-9(14)7(10)4-2/h5,7H,3-4,10H2,1-2H3,(H2,11,12,13,14)/t7-/m0/s1. The fourth-order valence-corrected chi connectivity index (χ4v) is 1.01. The first-order valence-corrected chi connectivity index (χ1v) is 4.78. The van der Waals surface area contributed by atoms with Crippen LogP contribution < -0.4 is 11.1 Å². The van der Waals surface area contributed by atoms with E-state index in [1.165, 1.54) is 0 Å². The number of carbonyl (C=O) groups excluding carboxylic acids is 1. The van der Waals surface area contributed by atoms with E-state index >= 15 is 0 Å². The summed E-state index contributed by atoms with van der Waals surface area (Å²) in [6.07, 6.45) is 1.49. The highest BCUT2D eigenvalue weighted by molar-refractivity contribution is 5.93. The van der Waals surface area contributed by atoms with Gasteiger partial charge in [-0.1, -0.05) is 13.8 Å². The molecule has 1 amide bonds. The Hall–Kier alpha value is -1.36. The topological polar surface area (TPSA) is 83.8 Å². The van der Waals surface area contributed by atoms with Crippen molar-refractivity contribution in [3.8, 4) is 0 Å². The second-order valence-corrected chi connectivity index (χ2v) is 3.14. The molecule has 0 radical (unpaired) electrons. The van der Waals surface area contributed by atoms with Crippen LogP contribution in [0.5, 0.6) is 0 Å². The fourth-order valence-electron chi connectivity index (χ4n) is 1.01. The van der Waals surface area contributed by atoms with Gasteiger partial charge in [-0.15, -0.1) is 0 Å². The third kappa shape index (κ3) is 2.56. The van der Waals surface area contributed by atoms with E-state index in [0.29, 0.717) is 12.2 Å². The number of H-pyrrole nitrogens is 1. The van der Waals surface area contributed by atoms with Gasteiger partial charge in [-0.05, 0) is 12.8 Å². The summed E-state index contributed by atoms with van der Waals surface area (Å²) in [5, 5.41) is 9.38. The molecule has 5 heteroatoms. The predicted octanol–water partition coefficient (Wildman–Crippen LogP) is 0.648. The molecule has 0 fully saturated rings. The van der Waals surface area contributed by atoms with Gasteiger partial charge in [0.05, 0.1) is 6.04 Å². The SMILES string of the molecule is CCc1cc(NC(=O)[C@@H](N)CC)n[nH]1. The van der Waals surface area contributed by atoms with Crippen molar-refractivity contribution in [2.24, 2.45) is 5.73 Å². The first kappa shape index (κ1) is 10.7. The summed E-state index contributed by atoms with van der Waals surface area (Å²) in [6.45, 7) is 3.88.